The van der Waals surface area contributed by atoms with Gasteiger partial charge in [0.25, 0.3) is 0 Å². The van der Waals surface area contributed by atoms with Crippen molar-refractivity contribution in [1.82, 2.24) is 24.5 Å². The highest BCUT2D eigenvalue weighted by molar-refractivity contribution is 5.77. The summed E-state index contributed by atoms with van der Waals surface area (Å²) in [7, 11) is 1.90. The van der Waals surface area contributed by atoms with Gasteiger partial charge in [0.2, 0.25) is 0 Å². The molecule has 0 amide bonds. The minimum atomic E-state index is 0.189. The first-order chi connectivity index (χ1) is 13.8. The molecule has 0 spiro atoms. The Kier molecular flexibility index (Phi) is 4.77. The first-order valence-electron chi connectivity index (χ1n) is 9.81. The number of nitrogens with zero attached hydrogens (tertiary/aromatic N) is 5. The lowest BCUT2D eigenvalue weighted by atomic mass is 10.1. The van der Waals surface area contributed by atoms with Gasteiger partial charge in [0.15, 0.2) is 0 Å². The van der Waals surface area contributed by atoms with Crippen molar-refractivity contribution < 1.29 is 0 Å². The monoisotopic (exact) mass is 390 g/mol. The number of aromatic nitrogens is 5. The number of pyridine rings is 1. The Balaban J connectivity index is 1.54. The Morgan fingerprint density at radius 3 is 2.62 bits per heavy atom. The van der Waals surface area contributed by atoms with Crippen LogP contribution in [-0.2, 0) is 7.05 Å². The Morgan fingerprint density at radius 2 is 1.97 bits per heavy atom. The van der Waals surface area contributed by atoms with Crippen molar-refractivity contribution in [3.63, 3.8) is 0 Å². The maximum Gasteiger partial charge on any atom is 0.148 e. The number of rotatable bonds is 5. The van der Waals surface area contributed by atoms with Gasteiger partial charge in [-0.25, -0.2) is 9.67 Å². The van der Waals surface area contributed by atoms with E-state index in [0.717, 1.165) is 23.6 Å². The SMILES string of the molecule is CC(=N)n1nc(-c2cc(C3CC3c3ccc(NC(C)C)nc3)nn2C)ccc1=N. The Morgan fingerprint density at radius 1 is 1.17 bits per heavy atom. The molecule has 1 aliphatic carbocycles. The van der Waals surface area contributed by atoms with Gasteiger partial charge in [0.1, 0.15) is 22.8 Å². The summed E-state index contributed by atoms with van der Waals surface area (Å²) < 4.78 is 3.15. The third-order valence-electron chi connectivity index (χ3n) is 5.14. The third-order valence-corrected chi connectivity index (χ3v) is 5.14. The van der Waals surface area contributed by atoms with Crippen molar-refractivity contribution in [1.29, 1.82) is 10.8 Å². The highest BCUT2D eigenvalue weighted by Crippen LogP contribution is 2.54. The zero-order valence-corrected chi connectivity index (χ0v) is 17.1. The molecule has 3 aromatic heterocycles. The quantitative estimate of drug-likeness (QED) is 0.459. The van der Waals surface area contributed by atoms with E-state index in [1.807, 2.05) is 24.0 Å². The maximum atomic E-state index is 7.90. The second-order valence-electron chi connectivity index (χ2n) is 7.90. The molecule has 150 valence electrons. The number of hydrogen-bond acceptors (Lipinski definition) is 6. The first kappa shape index (κ1) is 19.0. The van der Waals surface area contributed by atoms with Gasteiger partial charge in [-0.05, 0) is 62.9 Å². The van der Waals surface area contributed by atoms with Crippen LogP contribution in [0.25, 0.3) is 11.4 Å². The lowest BCUT2D eigenvalue weighted by molar-refractivity contribution is 0.737. The average Bonchev–Trinajstić information content (AvgIpc) is 3.37. The topological polar surface area (TPSA) is 108 Å². The maximum absolute atomic E-state index is 7.90. The summed E-state index contributed by atoms with van der Waals surface area (Å²) >= 11 is 0. The molecule has 4 rings (SSSR count). The minimum absolute atomic E-state index is 0.189. The number of nitrogens with one attached hydrogen (secondary N) is 3. The highest BCUT2D eigenvalue weighted by atomic mass is 15.3. The fraction of sp³-hybridized carbons (Fsp3) is 0.381. The molecule has 1 aliphatic rings. The van der Waals surface area contributed by atoms with Crippen molar-refractivity contribution in [2.75, 3.05) is 5.32 Å². The zero-order chi connectivity index (χ0) is 20.7. The van der Waals surface area contributed by atoms with Crippen LogP contribution < -0.4 is 10.8 Å². The lowest BCUT2D eigenvalue weighted by Crippen LogP contribution is -2.27. The number of aryl methyl sites for hydroxylation is 1. The largest absolute Gasteiger partial charge is 0.368 e. The van der Waals surface area contributed by atoms with Crippen molar-refractivity contribution in [3.05, 3.63) is 53.3 Å². The minimum Gasteiger partial charge on any atom is -0.368 e. The zero-order valence-electron chi connectivity index (χ0n) is 17.1. The molecule has 0 saturated heterocycles. The molecule has 1 saturated carbocycles. The van der Waals surface area contributed by atoms with Gasteiger partial charge in [-0.15, -0.1) is 0 Å². The molecule has 0 aliphatic heterocycles. The van der Waals surface area contributed by atoms with Crippen LogP contribution in [0.4, 0.5) is 5.82 Å². The van der Waals surface area contributed by atoms with Crippen molar-refractivity contribution >= 4 is 11.7 Å². The summed E-state index contributed by atoms with van der Waals surface area (Å²) in [5, 5.41) is 28.2. The summed E-state index contributed by atoms with van der Waals surface area (Å²) in [5.41, 5.74) is 4.07. The van der Waals surface area contributed by atoms with Gasteiger partial charge in [-0.2, -0.15) is 10.2 Å². The van der Waals surface area contributed by atoms with Gasteiger partial charge in [-0.1, -0.05) is 6.07 Å². The van der Waals surface area contributed by atoms with E-state index in [1.54, 1.807) is 19.1 Å². The summed E-state index contributed by atoms with van der Waals surface area (Å²) in [6.07, 6.45) is 3.03. The second kappa shape index (κ2) is 7.27. The Labute approximate surface area is 169 Å². The van der Waals surface area contributed by atoms with Crippen LogP contribution in [0.5, 0.6) is 0 Å². The lowest BCUT2D eigenvalue weighted by Gasteiger charge is -2.09. The van der Waals surface area contributed by atoms with Gasteiger partial charge >= 0.3 is 0 Å². The molecular weight excluding hydrogens is 364 g/mol. The molecule has 2 unspecified atom stereocenters. The molecule has 8 nitrogen and oxygen atoms in total. The van der Waals surface area contributed by atoms with Gasteiger partial charge in [0, 0.05) is 25.2 Å². The van der Waals surface area contributed by atoms with E-state index in [1.165, 1.54) is 10.2 Å². The van der Waals surface area contributed by atoms with E-state index < -0.39 is 0 Å². The summed E-state index contributed by atoms with van der Waals surface area (Å²) in [6.45, 7) is 5.82. The summed E-state index contributed by atoms with van der Waals surface area (Å²) in [4.78, 5) is 4.53. The fourth-order valence-corrected chi connectivity index (χ4v) is 3.62. The fourth-order valence-electron chi connectivity index (χ4n) is 3.62. The van der Waals surface area contributed by atoms with Crippen molar-refractivity contribution in [2.24, 2.45) is 7.05 Å². The molecule has 3 heterocycles. The van der Waals surface area contributed by atoms with Gasteiger partial charge in [-0.3, -0.25) is 15.5 Å². The molecule has 0 radical (unpaired) electrons. The normalized spacial score (nSPS) is 18.1. The van der Waals surface area contributed by atoms with Gasteiger partial charge < -0.3 is 5.32 Å². The van der Waals surface area contributed by atoms with Crippen LogP contribution >= 0.6 is 0 Å². The molecule has 8 heteroatoms. The average molecular weight is 390 g/mol. The van der Waals surface area contributed by atoms with Crippen LogP contribution in [0, 0.1) is 10.8 Å². The first-order valence-corrected chi connectivity index (χ1v) is 9.81. The molecule has 2 atom stereocenters. The van der Waals surface area contributed by atoms with E-state index in [2.05, 4.69) is 41.4 Å². The molecule has 0 aromatic carbocycles. The summed E-state index contributed by atoms with van der Waals surface area (Å²) in [6, 6.07) is 10.1. The van der Waals surface area contributed by atoms with Crippen LogP contribution in [0.1, 0.15) is 50.3 Å². The van der Waals surface area contributed by atoms with Crippen LogP contribution in [0.15, 0.2) is 36.5 Å². The van der Waals surface area contributed by atoms with Crippen LogP contribution in [-0.4, -0.2) is 36.4 Å². The summed E-state index contributed by atoms with van der Waals surface area (Å²) in [5.74, 6) is 1.94. The molecule has 3 N–H and O–H groups in total. The smallest absolute Gasteiger partial charge is 0.148 e. The predicted molar refractivity (Wildman–Crippen MR) is 112 cm³/mol. The van der Waals surface area contributed by atoms with E-state index in [0.29, 0.717) is 23.6 Å². The van der Waals surface area contributed by atoms with E-state index in [-0.39, 0.29) is 11.3 Å². The van der Waals surface area contributed by atoms with Crippen LogP contribution in [0.2, 0.25) is 0 Å². The third kappa shape index (κ3) is 3.83. The Hall–Kier alpha value is -3.29. The molecular formula is C21H26N8. The van der Waals surface area contributed by atoms with Crippen LogP contribution in [0.3, 0.4) is 0 Å². The number of anilines is 1. The Bertz CT molecular complexity index is 1110. The van der Waals surface area contributed by atoms with Crippen molar-refractivity contribution in [3.8, 4) is 11.4 Å². The second-order valence-corrected chi connectivity index (χ2v) is 7.90. The number of hydrogen-bond donors (Lipinski definition) is 3. The van der Waals surface area contributed by atoms with E-state index in [9.17, 15) is 0 Å². The molecule has 1 fully saturated rings. The predicted octanol–water partition coefficient (Wildman–Crippen LogP) is 3.09. The van der Waals surface area contributed by atoms with E-state index in [4.69, 9.17) is 15.9 Å². The standard InChI is InChI=1S/C21H26N8/c1-12(2)25-21-8-5-14(11-24-21)15-9-16(15)18-10-19(28(4)26-18)17-6-7-20(23)29(27-17)13(3)22/h5-8,10-12,15-16,22-23H,9H2,1-4H3,(H,24,25). The highest BCUT2D eigenvalue weighted by Gasteiger charge is 2.41. The molecule has 0 bridgehead atoms. The van der Waals surface area contributed by atoms with Crippen molar-refractivity contribution in [2.45, 2.75) is 45.1 Å². The van der Waals surface area contributed by atoms with Gasteiger partial charge in [0.05, 0.1) is 11.4 Å². The molecule has 3 aromatic rings. The van der Waals surface area contributed by atoms with E-state index >= 15 is 0 Å². The molecule has 29 heavy (non-hydrogen) atoms.